The lowest BCUT2D eigenvalue weighted by Crippen LogP contribution is -2.15. The van der Waals surface area contributed by atoms with Crippen molar-refractivity contribution in [3.63, 3.8) is 0 Å². The van der Waals surface area contributed by atoms with Gasteiger partial charge in [-0.2, -0.15) is 0 Å². The van der Waals surface area contributed by atoms with E-state index in [0.717, 1.165) is 17.8 Å². The molecule has 0 bridgehead atoms. The zero-order chi connectivity index (χ0) is 17.8. The molecule has 128 valence electrons. The van der Waals surface area contributed by atoms with Crippen LogP contribution in [0.2, 0.25) is 5.02 Å². The first-order valence-electron chi connectivity index (χ1n) is 6.99. The van der Waals surface area contributed by atoms with Gasteiger partial charge < -0.3 is 9.73 Å². The lowest BCUT2D eigenvalue weighted by atomic mass is 10.2. The van der Waals surface area contributed by atoms with Crippen LogP contribution in [-0.2, 0) is 4.79 Å². The number of aromatic nitrogens is 2. The molecule has 9 heteroatoms. The molecule has 1 heterocycles. The topological polar surface area (TPSA) is 68.0 Å². The molecule has 0 saturated heterocycles. The Kier molecular flexibility index (Phi) is 5.30. The van der Waals surface area contributed by atoms with Crippen molar-refractivity contribution in [1.29, 1.82) is 0 Å². The smallest absolute Gasteiger partial charge is 0.277 e. The van der Waals surface area contributed by atoms with Crippen molar-refractivity contribution >= 4 is 35.0 Å². The van der Waals surface area contributed by atoms with E-state index in [0.29, 0.717) is 0 Å². The summed E-state index contributed by atoms with van der Waals surface area (Å²) in [6.45, 7) is 0. The van der Waals surface area contributed by atoms with Crippen LogP contribution in [0.25, 0.3) is 11.5 Å². The third-order valence-corrected chi connectivity index (χ3v) is 4.10. The van der Waals surface area contributed by atoms with Crippen molar-refractivity contribution in [3.05, 3.63) is 59.1 Å². The third-order valence-electron chi connectivity index (χ3n) is 3.04. The number of thioether (sulfide) groups is 1. The maximum atomic E-state index is 13.7. The summed E-state index contributed by atoms with van der Waals surface area (Å²) in [5, 5.41) is 10.2. The highest BCUT2D eigenvalue weighted by molar-refractivity contribution is 7.99. The predicted octanol–water partition coefficient (Wildman–Crippen LogP) is 4.40. The summed E-state index contributed by atoms with van der Waals surface area (Å²) in [5.41, 5.74) is 0.196. The van der Waals surface area contributed by atoms with Crippen molar-refractivity contribution in [2.75, 3.05) is 11.1 Å². The summed E-state index contributed by atoms with van der Waals surface area (Å²) in [4.78, 5) is 11.9. The van der Waals surface area contributed by atoms with E-state index in [1.807, 2.05) is 0 Å². The van der Waals surface area contributed by atoms with E-state index < -0.39 is 17.5 Å². The predicted molar refractivity (Wildman–Crippen MR) is 90.5 cm³/mol. The van der Waals surface area contributed by atoms with Crippen LogP contribution in [-0.4, -0.2) is 21.9 Å². The Balaban J connectivity index is 1.60. The van der Waals surface area contributed by atoms with Crippen LogP contribution in [0.4, 0.5) is 14.5 Å². The molecule has 1 amide bonds. The fraction of sp³-hybridized carbons (Fsp3) is 0.0625. The molecule has 3 rings (SSSR count). The van der Waals surface area contributed by atoms with Crippen molar-refractivity contribution < 1.29 is 18.0 Å². The van der Waals surface area contributed by atoms with Gasteiger partial charge in [-0.1, -0.05) is 35.5 Å². The lowest BCUT2D eigenvalue weighted by molar-refractivity contribution is -0.113. The second-order valence-corrected chi connectivity index (χ2v) is 6.18. The Hall–Kier alpha value is -2.45. The number of amides is 1. The minimum absolute atomic E-state index is 0.0183. The van der Waals surface area contributed by atoms with Gasteiger partial charge in [0.1, 0.15) is 11.6 Å². The third kappa shape index (κ3) is 4.34. The lowest BCUT2D eigenvalue weighted by Gasteiger charge is -2.05. The average molecular weight is 382 g/mol. The van der Waals surface area contributed by atoms with E-state index in [4.69, 9.17) is 16.0 Å². The SMILES string of the molecule is O=C(CSc1nnc(-c2ccccc2F)o1)Nc1ccc(Cl)cc1F. The van der Waals surface area contributed by atoms with Gasteiger partial charge in [0.15, 0.2) is 0 Å². The van der Waals surface area contributed by atoms with Crippen LogP contribution in [0.1, 0.15) is 0 Å². The molecule has 0 spiro atoms. The molecule has 1 N–H and O–H groups in total. The number of benzene rings is 2. The highest BCUT2D eigenvalue weighted by Crippen LogP contribution is 2.25. The number of halogens is 3. The van der Waals surface area contributed by atoms with Crippen molar-refractivity contribution in [1.82, 2.24) is 10.2 Å². The van der Waals surface area contributed by atoms with Gasteiger partial charge >= 0.3 is 0 Å². The second kappa shape index (κ2) is 7.62. The molecule has 0 aliphatic rings. The maximum absolute atomic E-state index is 13.7. The average Bonchev–Trinajstić information content (AvgIpc) is 3.05. The number of rotatable bonds is 5. The first kappa shape index (κ1) is 17.4. The molecule has 5 nitrogen and oxygen atoms in total. The molecule has 0 atom stereocenters. The van der Waals surface area contributed by atoms with Crippen LogP contribution in [0.15, 0.2) is 52.1 Å². The second-order valence-electron chi connectivity index (χ2n) is 4.81. The quantitative estimate of drug-likeness (QED) is 0.663. The Bertz CT molecular complexity index is 920. The minimum atomic E-state index is -0.634. The summed E-state index contributed by atoms with van der Waals surface area (Å²) in [6.07, 6.45) is 0. The highest BCUT2D eigenvalue weighted by atomic mass is 35.5. The van der Waals surface area contributed by atoms with Gasteiger partial charge in [-0.15, -0.1) is 10.2 Å². The van der Waals surface area contributed by atoms with Gasteiger partial charge in [0.05, 0.1) is 17.0 Å². The molecular weight excluding hydrogens is 372 g/mol. The van der Waals surface area contributed by atoms with Crippen LogP contribution in [0.3, 0.4) is 0 Å². The molecule has 1 aromatic heterocycles. The molecule has 0 fully saturated rings. The number of carbonyl (C=O) groups excluding carboxylic acids is 1. The van der Waals surface area contributed by atoms with Crippen LogP contribution < -0.4 is 5.32 Å². The number of hydrogen-bond acceptors (Lipinski definition) is 5. The highest BCUT2D eigenvalue weighted by Gasteiger charge is 2.14. The molecule has 0 saturated carbocycles. The van der Waals surface area contributed by atoms with Crippen LogP contribution in [0, 0.1) is 11.6 Å². The standard InChI is InChI=1S/C16H10ClF2N3O2S/c17-9-5-6-13(12(19)7-9)20-14(23)8-25-16-22-21-15(24-16)10-3-1-2-4-11(10)18/h1-7H,8H2,(H,20,23). The normalized spacial score (nSPS) is 10.7. The Morgan fingerprint density at radius 2 is 1.96 bits per heavy atom. The van der Waals surface area contributed by atoms with Gasteiger partial charge in [0.2, 0.25) is 5.91 Å². The molecule has 0 unspecified atom stereocenters. The van der Waals surface area contributed by atoms with Crippen LogP contribution in [0.5, 0.6) is 0 Å². The van der Waals surface area contributed by atoms with E-state index in [-0.39, 0.29) is 33.1 Å². The Labute approximate surface area is 150 Å². The summed E-state index contributed by atoms with van der Waals surface area (Å²) < 4.78 is 32.6. The largest absolute Gasteiger partial charge is 0.411 e. The summed E-state index contributed by atoms with van der Waals surface area (Å²) in [5.74, 6) is -1.65. The number of nitrogens with one attached hydrogen (secondary N) is 1. The zero-order valence-electron chi connectivity index (χ0n) is 12.5. The van der Waals surface area contributed by atoms with E-state index in [9.17, 15) is 13.6 Å². The van der Waals surface area contributed by atoms with Crippen molar-refractivity contribution in [2.45, 2.75) is 5.22 Å². The van der Waals surface area contributed by atoms with E-state index >= 15 is 0 Å². The first-order chi connectivity index (χ1) is 12.0. The molecule has 0 radical (unpaired) electrons. The van der Waals surface area contributed by atoms with Gasteiger partial charge in [-0.25, -0.2) is 8.78 Å². The van der Waals surface area contributed by atoms with Crippen molar-refractivity contribution in [2.24, 2.45) is 0 Å². The number of carbonyl (C=O) groups is 1. The van der Waals surface area contributed by atoms with Gasteiger partial charge in [0, 0.05) is 5.02 Å². The first-order valence-corrected chi connectivity index (χ1v) is 8.35. The molecule has 2 aromatic carbocycles. The summed E-state index contributed by atoms with van der Waals surface area (Å²) in [7, 11) is 0. The summed E-state index contributed by atoms with van der Waals surface area (Å²) in [6, 6.07) is 9.90. The van der Waals surface area contributed by atoms with E-state index in [2.05, 4.69) is 15.5 Å². The molecule has 3 aromatic rings. The molecule has 0 aliphatic carbocycles. The molecule has 0 aliphatic heterocycles. The van der Waals surface area contributed by atoms with Gasteiger partial charge in [0.25, 0.3) is 11.1 Å². The van der Waals surface area contributed by atoms with Crippen molar-refractivity contribution in [3.8, 4) is 11.5 Å². The zero-order valence-corrected chi connectivity index (χ0v) is 14.1. The van der Waals surface area contributed by atoms with Crippen LogP contribution >= 0.6 is 23.4 Å². The molecular formula is C16H10ClF2N3O2S. The number of nitrogens with zero attached hydrogens (tertiary/aromatic N) is 2. The molecule has 25 heavy (non-hydrogen) atoms. The summed E-state index contributed by atoms with van der Waals surface area (Å²) >= 11 is 6.60. The van der Waals surface area contributed by atoms with Gasteiger partial charge in [-0.05, 0) is 30.3 Å². The maximum Gasteiger partial charge on any atom is 0.277 e. The van der Waals surface area contributed by atoms with Gasteiger partial charge in [-0.3, -0.25) is 4.79 Å². The van der Waals surface area contributed by atoms with E-state index in [1.54, 1.807) is 12.1 Å². The fourth-order valence-corrected chi connectivity index (χ4v) is 2.64. The fourth-order valence-electron chi connectivity index (χ4n) is 1.92. The minimum Gasteiger partial charge on any atom is -0.411 e. The number of hydrogen-bond donors (Lipinski definition) is 1. The number of anilines is 1. The van der Waals surface area contributed by atoms with E-state index in [1.165, 1.54) is 24.3 Å². The Morgan fingerprint density at radius 3 is 2.72 bits per heavy atom. The Morgan fingerprint density at radius 1 is 1.16 bits per heavy atom. The monoisotopic (exact) mass is 381 g/mol.